The maximum Gasteiger partial charge on any atom is 0.274 e. The predicted octanol–water partition coefficient (Wildman–Crippen LogP) is 0.832. The van der Waals surface area contributed by atoms with Crippen LogP contribution in [0.5, 0.6) is 0 Å². The van der Waals surface area contributed by atoms with E-state index in [2.05, 4.69) is 15.0 Å². The molecular weight excluding hydrogens is 166 g/mol. The summed E-state index contributed by atoms with van der Waals surface area (Å²) in [5.74, 6) is 0. The van der Waals surface area contributed by atoms with Crippen molar-refractivity contribution in [2.75, 3.05) is 0 Å². The molecule has 0 amide bonds. The standard InChI is InChI=1S/C9H7N3O/c13-9-8(11-4-5-12-9)7-2-1-3-10-6-7/h1-6H,(H,12,13). The molecule has 0 saturated carbocycles. The average Bonchev–Trinajstić information content (AvgIpc) is 2.20. The number of nitrogens with one attached hydrogen (secondary N) is 1. The summed E-state index contributed by atoms with van der Waals surface area (Å²) >= 11 is 0. The van der Waals surface area contributed by atoms with Gasteiger partial charge in [0.15, 0.2) is 0 Å². The highest BCUT2D eigenvalue weighted by molar-refractivity contribution is 5.55. The second kappa shape index (κ2) is 3.18. The lowest BCUT2D eigenvalue weighted by Gasteiger charge is -1.95. The summed E-state index contributed by atoms with van der Waals surface area (Å²) in [5, 5.41) is 0. The van der Waals surface area contributed by atoms with Crippen molar-refractivity contribution in [3.05, 3.63) is 47.3 Å². The highest BCUT2D eigenvalue weighted by Gasteiger charge is 2.01. The first-order valence-corrected chi connectivity index (χ1v) is 3.82. The quantitative estimate of drug-likeness (QED) is 0.694. The summed E-state index contributed by atoms with van der Waals surface area (Å²) in [6.07, 6.45) is 6.31. The maximum atomic E-state index is 11.3. The predicted molar refractivity (Wildman–Crippen MR) is 48.1 cm³/mol. The van der Waals surface area contributed by atoms with Crippen LogP contribution in [0.25, 0.3) is 11.3 Å². The maximum absolute atomic E-state index is 11.3. The number of hydrogen-bond acceptors (Lipinski definition) is 3. The summed E-state index contributed by atoms with van der Waals surface area (Å²) < 4.78 is 0. The second-order valence-electron chi connectivity index (χ2n) is 2.51. The molecule has 13 heavy (non-hydrogen) atoms. The number of H-pyrrole nitrogens is 1. The molecule has 2 aromatic rings. The van der Waals surface area contributed by atoms with Crippen LogP contribution in [0.1, 0.15) is 0 Å². The number of nitrogens with zero attached hydrogens (tertiary/aromatic N) is 2. The summed E-state index contributed by atoms with van der Waals surface area (Å²) in [4.78, 5) is 21.7. The van der Waals surface area contributed by atoms with Crippen LogP contribution in [0.15, 0.2) is 41.7 Å². The molecule has 0 unspecified atom stereocenters. The molecular formula is C9H7N3O. The van der Waals surface area contributed by atoms with Crippen LogP contribution in [-0.4, -0.2) is 15.0 Å². The third-order valence-electron chi connectivity index (χ3n) is 1.64. The molecule has 0 fully saturated rings. The van der Waals surface area contributed by atoms with Gasteiger partial charge in [0, 0.05) is 30.4 Å². The number of hydrogen-bond donors (Lipinski definition) is 1. The molecule has 2 rings (SSSR count). The Morgan fingerprint density at radius 1 is 1.31 bits per heavy atom. The zero-order valence-electron chi connectivity index (χ0n) is 6.77. The fourth-order valence-corrected chi connectivity index (χ4v) is 1.06. The van der Waals surface area contributed by atoms with E-state index in [1.807, 2.05) is 0 Å². The molecule has 0 spiro atoms. The molecule has 2 aromatic heterocycles. The van der Waals surface area contributed by atoms with E-state index in [9.17, 15) is 4.79 Å². The van der Waals surface area contributed by atoms with Crippen LogP contribution in [0, 0.1) is 0 Å². The van der Waals surface area contributed by atoms with Crippen LogP contribution < -0.4 is 5.56 Å². The van der Waals surface area contributed by atoms with Crippen molar-refractivity contribution < 1.29 is 0 Å². The van der Waals surface area contributed by atoms with Crippen molar-refractivity contribution in [3.8, 4) is 11.3 Å². The lowest BCUT2D eigenvalue weighted by Crippen LogP contribution is -2.09. The Morgan fingerprint density at radius 2 is 2.23 bits per heavy atom. The van der Waals surface area contributed by atoms with Gasteiger partial charge >= 0.3 is 0 Å². The Labute approximate surface area is 74.3 Å². The Kier molecular flexibility index (Phi) is 1.88. The highest BCUT2D eigenvalue weighted by atomic mass is 16.1. The van der Waals surface area contributed by atoms with Crippen molar-refractivity contribution in [3.63, 3.8) is 0 Å². The highest BCUT2D eigenvalue weighted by Crippen LogP contribution is 2.08. The monoisotopic (exact) mass is 173 g/mol. The van der Waals surface area contributed by atoms with Gasteiger partial charge in [0.2, 0.25) is 0 Å². The fourth-order valence-electron chi connectivity index (χ4n) is 1.06. The Bertz CT molecular complexity index is 450. The van der Waals surface area contributed by atoms with Gasteiger partial charge in [-0.05, 0) is 12.1 Å². The van der Waals surface area contributed by atoms with Crippen LogP contribution in [0.3, 0.4) is 0 Å². The topological polar surface area (TPSA) is 58.6 Å². The normalized spacial score (nSPS) is 9.85. The minimum absolute atomic E-state index is 0.199. The van der Waals surface area contributed by atoms with Crippen molar-refractivity contribution in [1.29, 1.82) is 0 Å². The Balaban J connectivity index is 2.60. The number of rotatable bonds is 1. The van der Waals surface area contributed by atoms with Gasteiger partial charge in [0.1, 0.15) is 5.69 Å². The molecule has 64 valence electrons. The first-order valence-electron chi connectivity index (χ1n) is 3.82. The molecule has 0 radical (unpaired) electrons. The SMILES string of the molecule is O=c1[nH]ccnc1-c1cccnc1. The lowest BCUT2D eigenvalue weighted by molar-refractivity contribution is 1.14. The van der Waals surface area contributed by atoms with Crippen molar-refractivity contribution in [1.82, 2.24) is 15.0 Å². The van der Waals surface area contributed by atoms with E-state index < -0.39 is 0 Å². The van der Waals surface area contributed by atoms with E-state index in [1.165, 1.54) is 6.20 Å². The first-order chi connectivity index (χ1) is 6.38. The Hall–Kier alpha value is -1.97. The van der Waals surface area contributed by atoms with Gasteiger partial charge in [0.05, 0.1) is 0 Å². The van der Waals surface area contributed by atoms with Crippen LogP contribution >= 0.6 is 0 Å². The molecule has 0 bridgehead atoms. The van der Waals surface area contributed by atoms with Crippen molar-refractivity contribution >= 4 is 0 Å². The van der Waals surface area contributed by atoms with Gasteiger partial charge < -0.3 is 4.98 Å². The molecule has 0 saturated heterocycles. The third kappa shape index (κ3) is 1.46. The van der Waals surface area contributed by atoms with Gasteiger partial charge in [-0.1, -0.05) is 0 Å². The second-order valence-corrected chi connectivity index (χ2v) is 2.51. The first kappa shape index (κ1) is 7.67. The van der Waals surface area contributed by atoms with E-state index in [0.717, 1.165) is 5.56 Å². The largest absolute Gasteiger partial charge is 0.326 e. The molecule has 1 N–H and O–H groups in total. The van der Waals surface area contributed by atoms with E-state index in [4.69, 9.17) is 0 Å². The number of pyridine rings is 1. The molecule has 2 heterocycles. The van der Waals surface area contributed by atoms with E-state index in [1.54, 1.807) is 30.7 Å². The molecule has 4 heteroatoms. The molecule has 0 atom stereocenters. The van der Waals surface area contributed by atoms with Gasteiger partial charge in [-0.2, -0.15) is 0 Å². The molecule has 0 aliphatic rings. The average molecular weight is 173 g/mol. The number of aromatic amines is 1. The zero-order chi connectivity index (χ0) is 9.10. The number of aromatic nitrogens is 3. The van der Waals surface area contributed by atoms with Gasteiger partial charge in [-0.25, -0.2) is 4.98 Å². The van der Waals surface area contributed by atoms with E-state index in [0.29, 0.717) is 5.69 Å². The third-order valence-corrected chi connectivity index (χ3v) is 1.64. The minimum Gasteiger partial charge on any atom is -0.326 e. The zero-order valence-corrected chi connectivity index (χ0v) is 6.77. The molecule has 4 nitrogen and oxygen atoms in total. The van der Waals surface area contributed by atoms with Crippen molar-refractivity contribution in [2.24, 2.45) is 0 Å². The molecule has 0 aromatic carbocycles. The van der Waals surface area contributed by atoms with Crippen LogP contribution in [0.2, 0.25) is 0 Å². The summed E-state index contributed by atoms with van der Waals surface area (Å²) in [7, 11) is 0. The smallest absolute Gasteiger partial charge is 0.274 e. The molecule has 0 aliphatic heterocycles. The fraction of sp³-hybridized carbons (Fsp3) is 0. The van der Waals surface area contributed by atoms with Gasteiger partial charge in [-0.3, -0.25) is 9.78 Å². The minimum atomic E-state index is -0.199. The summed E-state index contributed by atoms with van der Waals surface area (Å²) in [5.41, 5.74) is 0.926. The van der Waals surface area contributed by atoms with E-state index >= 15 is 0 Å². The Morgan fingerprint density at radius 3 is 2.92 bits per heavy atom. The van der Waals surface area contributed by atoms with Crippen molar-refractivity contribution in [2.45, 2.75) is 0 Å². The van der Waals surface area contributed by atoms with Gasteiger partial charge in [-0.15, -0.1) is 0 Å². The van der Waals surface area contributed by atoms with E-state index in [-0.39, 0.29) is 5.56 Å². The summed E-state index contributed by atoms with van der Waals surface area (Å²) in [6, 6.07) is 3.56. The van der Waals surface area contributed by atoms with Crippen LogP contribution in [0.4, 0.5) is 0 Å². The summed E-state index contributed by atoms with van der Waals surface area (Å²) in [6.45, 7) is 0. The lowest BCUT2D eigenvalue weighted by atomic mass is 10.2. The molecule has 0 aliphatic carbocycles. The van der Waals surface area contributed by atoms with Crippen LogP contribution in [-0.2, 0) is 0 Å². The van der Waals surface area contributed by atoms with Gasteiger partial charge in [0.25, 0.3) is 5.56 Å².